The van der Waals surface area contributed by atoms with Gasteiger partial charge in [0.05, 0.1) is 24.3 Å². The Bertz CT molecular complexity index is 593. The molecule has 0 fully saturated rings. The molecule has 0 saturated carbocycles. The van der Waals surface area contributed by atoms with Crippen molar-refractivity contribution in [3.8, 4) is 0 Å². The molecule has 6 nitrogen and oxygen atoms in total. The van der Waals surface area contributed by atoms with Gasteiger partial charge in [-0.05, 0) is 24.6 Å². The molecule has 0 unspecified atom stereocenters. The summed E-state index contributed by atoms with van der Waals surface area (Å²) in [6.07, 6.45) is 0.235. The van der Waals surface area contributed by atoms with Crippen LogP contribution in [0.15, 0.2) is 38.9 Å². The molecule has 0 spiro atoms. The normalized spacial score (nSPS) is 14.8. The molecule has 104 valence electrons. The Morgan fingerprint density at radius 2 is 2.15 bits per heavy atom. The zero-order valence-corrected chi connectivity index (χ0v) is 12.4. The second kappa shape index (κ2) is 6.42. The maximum absolute atomic E-state index is 11.6. The Balaban J connectivity index is 1.90. The van der Waals surface area contributed by atoms with Crippen LogP contribution in [0.2, 0.25) is 0 Å². The summed E-state index contributed by atoms with van der Waals surface area (Å²) in [7, 11) is 0. The predicted octanol–water partition coefficient (Wildman–Crippen LogP) is 1.56. The number of hydrogen-bond acceptors (Lipinski definition) is 4. The third-order valence-electron chi connectivity index (χ3n) is 2.68. The first kappa shape index (κ1) is 14.4. The Hall–Kier alpha value is -2.02. The van der Waals surface area contributed by atoms with Crippen LogP contribution < -0.4 is 10.9 Å². The van der Waals surface area contributed by atoms with Gasteiger partial charge >= 0.3 is 0 Å². The minimum Gasteiger partial charge on any atom is -0.273 e. The molecule has 0 radical (unpaired) electrons. The minimum atomic E-state index is -0.295. The maximum atomic E-state index is 11.6. The number of carbonyl (C=O) groups excluding carboxylic acids is 2. The molecule has 0 saturated heterocycles. The first-order valence-corrected chi connectivity index (χ1v) is 6.77. The van der Waals surface area contributed by atoms with Gasteiger partial charge in [-0.1, -0.05) is 28.1 Å². The van der Waals surface area contributed by atoms with Gasteiger partial charge in [-0.2, -0.15) is 10.2 Å². The van der Waals surface area contributed by atoms with Gasteiger partial charge in [0.25, 0.3) is 0 Å². The minimum absolute atomic E-state index is 0.0653. The zero-order valence-electron chi connectivity index (χ0n) is 10.8. The van der Waals surface area contributed by atoms with E-state index < -0.39 is 0 Å². The highest BCUT2D eigenvalue weighted by molar-refractivity contribution is 9.10. The largest absolute Gasteiger partial charge is 0.273 e. The maximum Gasteiger partial charge on any atom is 0.245 e. The molecule has 2 N–H and O–H groups in total. The molecule has 2 rings (SSSR count). The summed E-state index contributed by atoms with van der Waals surface area (Å²) in [5.74, 6) is -0.487. The molecule has 0 aliphatic carbocycles. The van der Waals surface area contributed by atoms with Gasteiger partial charge in [0, 0.05) is 4.47 Å². The lowest BCUT2D eigenvalue weighted by atomic mass is 10.1. The Labute approximate surface area is 124 Å². The van der Waals surface area contributed by atoms with Gasteiger partial charge in [-0.3, -0.25) is 9.59 Å². The van der Waals surface area contributed by atoms with Crippen LogP contribution in [0.1, 0.15) is 25.3 Å². The van der Waals surface area contributed by atoms with Crippen molar-refractivity contribution in [3.05, 3.63) is 34.3 Å². The Kier molecular flexibility index (Phi) is 4.62. The van der Waals surface area contributed by atoms with E-state index in [-0.39, 0.29) is 24.7 Å². The fourth-order valence-corrected chi connectivity index (χ4v) is 1.90. The molecule has 0 aromatic heterocycles. The fraction of sp³-hybridized carbons (Fsp3) is 0.231. The second-order valence-electron chi connectivity index (χ2n) is 4.31. The topological polar surface area (TPSA) is 82.9 Å². The summed E-state index contributed by atoms with van der Waals surface area (Å²) in [6.45, 7) is 1.81. The number of amides is 2. The molecule has 1 aromatic carbocycles. The van der Waals surface area contributed by atoms with E-state index in [2.05, 4.69) is 37.0 Å². The Morgan fingerprint density at radius 3 is 2.75 bits per heavy atom. The average Bonchev–Trinajstić information content (AvgIpc) is 2.82. The number of nitrogens with one attached hydrogen (secondary N) is 2. The van der Waals surface area contributed by atoms with E-state index in [1.54, 1.807) is 0 Å². The van der Waals surface area contributed by atoms with E-state index in [0.29, 0.717) is 11.4 Å². The van der Waals surface area contributed by atoms with E-state index in [9.17, 15) is 9.59 Å². The molecule has 20 heavy (non-hydrogen) atoms. The molecule has 2 amide bonds. The number of benzene rings is 1. The lowest BCUT2D eigenvalue weighted by Gasteiger charge is -2.02. The van der Waals surface area contributed by atoms with Gasteiger partial charge < -0.3 is 0 Å². The summed E-state index contributed by atoms with van der Waals surface area (Å²) in [4.78, 5) is 22.6. The van der Waals surface area contributed by atoms with Crippen LogP contribution in [0.5, 0.6) is 0 Å². The standard InChI is InChI=1S/C13H13BrN4O2/c1-8(9-2-4-10(14)5-3-9)15-17-12(19)6-11-7-13(20)18-16-11/h2-5H,6-7H2,1H3,(H,17,19)(H,18,20)/b15-8+. The van der Waals surface area contributed by atoms with Crippen LogP contribution in [0.3, 0.4) is 0 Å². The van der Waals surface area contributed by atoms with E-state index in [0.717, 1.165) is 10.0 Å². The van der Waals surface area contributed by atoms with Crippen LogP contribution >= 0.6 is 15.9 Å². The van der Waals surface area contributed by atoms with E-state index in [1.165, 1.54) is 0 Å². The SMILES string of the molecule is C/C(=N\NC(=O)CC1=NNC(=O)C1)c1ccc(Br)cc1. The molecule has 1 heterocycles. The molecular weight excluding hydrogens is 324 g/mol. The fourth-order valence-electron chi connectivity index (χ4n) is 1.63. The van der Waals surface area contributed by atoms with Crippen LogP contribution in [0.25, 0.3) is 0 Å². The first-order chi connectivity index (χ1) is 9.54. The number of hydrogen-bond donors (Lipinski definition) is 2. The molecular formula is C13H13BrN4O2. The molecule has 0 atom stereocenters. The van der Waals surface area contributed by atoms with E-state index >= 15 is 0 Å². The summed E-state index contributed by atoms with van der Waals surface area (Å²) in [5.41, 5.74) is 6.89. The van der Waals surface area contributed by atoms with Crippen molar-refractivity contribution < 1.29 is 9.59 Å². The summed E-state index contributed by atoms with van der Waals surface area (Å²) < 4.78 is 0.981. The van der Waals surface area contributed by atoms with Crippen molar-refractivity contribution >= 4 is 39.2 Å². The quantitative estimate of drug-likeness (QED) is 0.646. The Morgan fingerprint density at radius 1 is 1.45 bits per heavy atom. The van der Waals surface area contributed by atoms with Crippen molar-refractivity contribution in [1.82, 2.24) is 10.9 Å². The lowest BCUT2D eigenvalue weighted by molar-refractivity contribution is -0.119. The van der Waals surface area contributed by atoms with E-state index in [1.807, 2.05) is 31.2 Å². The van der Waals surface area contributed by atoms with Crippen LogP contribution in [-0.2, 0) is 9.59 Å². The van der Waals surface area contributed by atoms with Crippen molar-refractivity contribution in [2.75, 3.05) is 0 Å². The number of hydrazone groups is 2. The van der Waals surface area contributed by atoms with Gasteiger partial charge in [0.15, 0.2) is 0 Å². The second-order valence-corrected chi connectivity index (χ2v) is 5.22. The third-order valence-corrected chi connectivity index (χ3v) is 3.21. The van der Waals surface area contributed by atoms with Crippen LogP contribution in [0.4, 0.5) is 0 Å². The monoisotopic (exact) mass is 336 g/mol. The number of halogens is 1. The van der Waals surface area contributed by atoms with Gasteiger partial charge in [-0.15, -0.1) is 0 Å². The summed E-state index contributed by atoms with van der Waals surface area (Å²) in [5, 5.41) is 7.78. The highest BCUT2D eigenvalue weighted by Gasteiger charge is 2.17. The highest BCUT2D eigenvalue weighted by atomic mass is 79.9. The van der Waals surface area contributed by atoms with Crippen molar-refractivity contribution in [2.45, 2.75) is 19.8 Å². The summed E-state index contributed by atoms with van der Waals surface area (Å²) >= 11 is 3.35. The predicted molar refractivity (Wildman–Crippen MR) is 79.3 cm³/mol. The summed E-state index contributed by atoms with van der Waals surface area (Å²) in [6, 6.07) is 7.61. The molecule has 1 aliphatic rings. The van der Waals surface area contributed by atoms with Gasteiger partial charge in [0.2, 0.25) is 11.8 Å². The molecule has 1 aliphatic heterocycles. The van der Waals surface area contributed by atoms with Crippen LogP contribution in [-0.4, -0.2) is 23.2 Å². The first-order valence-electron chi connectivity index (χ1n) is 5.98. The number of nitrogens with zero attached hydrogens (tertiary/aromatic N) is 2. The molecule has 1 aromatic rings. The van der Waals surface area contributed by atoms with Gasteiger partial charge in [0.1, 0.15) is 0 Å². The van der Waals surface area contributed by atoms with E-state index in [4.69, 9.17) is 0 Å². The smallest absolute Gasteiger partial charge is 0.245 e. The molecule has 7 heteroatoms. The molecule has 0 bridgehead atoms. The zero-order chi connectivity index (χ0) is 14.5. The average molecular weight is 337 g/mol. The lowest BCUT2D eigenvalue weighted by Crippen LogP contribution is -2.22. The number of carbonyl (C=O) groups is 2. The van der Waals surface area contributed by atoms with Crippen molar-refractivity contribution in [2.24, 2.45) is 10.2 Å². The van der Waals surface area contributed by atoms with Crippen molar-refractivity contribution in [1.29, 1.82) is 0 Å². The van der Waals surface area contributed by atoms with Crippen molar-refractivity contribution in [3.63, 3.8) is 0 Å². The van der Waals surface area contributed by atoms with Gasteiger partial charge in [-0.25, -0.2) is 10.9 Å². The van der Waals surface area contributed by atoms with Crippen LogP contribution in [0, 0.1) is 0 Å². The number of rotatable bonds is 4. The third kappa shape index (κ3) is 3.99. The highest BCUT2D eigenvalue weighted by Crippen LogP contribution is 2.11.